The molecule has 24 heavy (non-hydrogen) atoms. The first-order chi connectivity index (χ1) is 11.8. The van der Waals surface area contributed by atoms with Gasteiger partial charge in [0.25, 0.3) is 0 Å². The van der Waals surface area contributed by atoms with Gasteiger partial charge in [0.1, 0.15) is 0 Å². The smallest absolute Gasteiger partial charge is 0.230 e. The minimum atomic E-state index is 0.00443. The van der Waals surface area contributed by atoms with Gasteiger partial charge in [0, 0.05) is 18.2 Å². The second-order valence-corrected chi connectivity index (χ2v) is 6.74. The molecule has 1 N–H and O–H groups in total. The van der Waals surface area contributed by atoms with Gasteiger partial charge in [0.2, 0.25) is 17.7 Å². The van der Waals surface area contributed by atoms with Gasteiger partial charge in [-0.3, -0.25) is 9.69 Å². The predicted molar refractivity (Wildman–Crippen MR) is 89.3 cm³/mol. The van der Waals surface area contributed by atoms with E-state index in [4.69, 9.17) is 4.42 Å². The Hall–Kier alpha value is -2.21. The second-order valence-electron chi connectivity index (χ2n) is 6.74. The largest absolute Gasteiger partial charge is 0.424 e. The molecule has 6 heteroatoms. The molecule has 2 aliphatic rings. The number of rotatable bonds is 5. The van der Waals surface area contributed by atoms with Crippen LogP contribution in [0.2, 0.25) is 0 Å². The molecule has 1 aliphatic heterocycles. The zero-order valence-corrected chi connectivity index (χ0v) is 13.6. The molecule has 1 amide bonds. The fourth-order valence-corrected chi connectivity index (χ4v) is 3.20. The van der Waals surface area contributed by atoms with E-state index < -0.39 is 0 Å². The molecule has 2 heterocycles. The third kappa shape index (κ3) is 3.64. The average molecular weight is 326 g/mol. The highest BCUT2D eigenvalue weighted by molar-refractivity contribution is 5.92. The van der Waals surface area contributed by atoms with Crippen molar-refractivity contribution in [1.82, 2.24) is 15.1 Å². The zero-order chi connectivity index (χ0) is 16.4. The standard InChI is InChI=1S/C18H22N4O2/c23-17(19-15-6-2-1-3-7-15)14-5-4-10-22(11-14)12-16-20-21-18(24-16)13-8-9-13/h1-3,6-7,13-14H,4-5,8-12H2,(H,19,23)/t14-/m1/s1. The van der Waals surface area contributed by atoms with Crippen molar-refractivity contribution in [3.8, 4) is 0 Å². The number of piperidine rings is 1. The van der Waals surface area contributed by atoms with Crippen LogP contribution in [-0.2, 0) is 11.3 Å². The maximum absolute atomic E-state index is 12.5. The number of benzene rings is 1. The molecule has 1 saturated carbocycles. The lowest BCUT2D eigenvalue weighted by Gasteiger charge is -2.30. The van der Waals surface area contributed by atoms with E-state index in [2.05, 4.69) is 20.4 Å². The van der Waals surface area contributed by atoms with E-state index in [1.54, 1.807) is 0 Å². The summed E-state index contributed by atoms with van der Waals surface area (Å²) in [5.74, 6) is 2.03. The molecule has 0 radical (unpaired) electrons. The van der Waals surface area contributed by atoms with Gasteiger partial charge in [0.15, 0.2) is 0 Å². The van der Waals surface area contributed by atoms with Crippen LogP contribution in [0.1, 0.15) is 43.4 Å². The fraction of sp³-hybridized carbons (Fsp3) is 0.500. The van der Waals surface area contributed by atoms with Crippen LogP contribution in [0, 0.1) is 5.92 Å². The van der Waals surface area contributed by atoms with Gasteiger partial charge in [-0.1, -0.05) is 18.2 Å². The highest BCUT2D eigenvalue weighted by Crippen LogP contribution is 2.39. The Labute approximate surface area is 141 Å². The van der Waals surface area contributed by atoms with Crippen molar-refractivity contribution in [3.05, 3.63) is 42.1 Å². The quantitative estimate of drug-likeness (QED) is 0.915. The first kappa shape index (κ1) is 15.3. The Balaban J connectivity index is 1.33. The normalized spacial score (nSPS) is 21.6. The fourth-order valence-electron chi connectivity index (χ4n) is 3.20. The number of hydrogen-bond donors (Lipinski definition) is 1. The van der Waals surface area contributed by atoms with Gasteiger partial charge < -0.3 is 9.73 Å². The average Bonchev–Trinajstić information content (AvgIpc) is 3.36. The molecule has 1 atom stereocenters. The molecule has 2 aromatic rings. The number of nitrogens with zero attached hydrogens (tertiary/aromatic N) is 3. The van der Waals surface area contributed by atoms with Crippen molar-refractivity contribution in [2.24, 2.45) is 5.92 Å². The van der Waals surface area contributed by atoms with E-state index in [1.807, 2.05) is 30.3 Å². The zero-order valence-electron chi connectivity index (χ0n) is 13.6. The SMILES string of the molecule is O=C(Nc1ccccc1)[C@@H]1CCCN(Cc2nnc(C3CC3)o2)C1. The van der Waals surface area contributed by atoms with Crippen LogP contribution < -0.4 is 5.32 Å². The molecule has 6 nitrogen and oxygen atoms in total. The number of aromatic nitrogens is 2. The van der Waals surface area contributed by atoms with E-state index in [0.29, 0.717) is 18.4 Å². The van der Waals surface area contributed by atoms with Crippen LogP contribution in [0.15, 0.2) is 34.7 Å². The minimum absolute atomic E-state index is 0.00443. The van der Waals surface area contributed by atoms with Crippen molar-refractivity contribution < 1.29 is 9.21 Å². The highest BCUT2D eigenvalue weighted by Gasteiger charge is 2.30. The first-order valence-corrected chi connectivity index (χ1v) is 8.68. The highest BCUT2D eigenvalue weighted by atomic mass is 16.4. The molecule has 1 aromatic carbocycles. The van der Waals surface area contributed by atoms with Crippen molar-refractivity contribution in [1.29, 1.82) is 0 Å². The Kier molecular flexibility index (Phi) is 4.30. The van der Waals surface area contributed by atoms with Crippen molar-refractivity contribution in [2.75, 3.05) is 18.4 Å². The van der Waals surface area contributed by atoms with Crippen molar-refractivity contribution in [2.45, 2.75) is 38.1 Å². The summed E-state index contributed by atoms with van der Waals surface area (Å²) in [7, 11) is 0. The number of likely N-dealkylation sites (tertiary alicyclic amines) is 1. The Bertz CT molecular complexity index is 696. The summed E-state index contributed by atoms with van der Waals surface area (Å²) in [4.78, 5) is 14.7. The summed E-state index contributed by atoms with van der Waals surface area (Å²) in [6, 6.07) is 9.62. The molecule has 126 valence electrons. The van der Waals surface area contributed by atoms with E-state index >= 15 is 0 Å². The molecule has 0 spiro atoms. The lowest BCUT2D eigenvalue weighted by molar-refractivity contribution is -0.121. The van der Waals surface area contributed by atoms with Crippen LogP contribution in [0.5, 0.6) is 0 Å². The van der Waals surface area contributed by atoms with Crippen LogP contribution in [0.4, 0.5) is 5.69 Å². The maximum Gasteiger partial charge on any atom is 0.230 e. The molecule has 1 aromatic heterocycles. The monoisotopic (exact) mass is 326 g/mol. The van der Waals surface area contributed by atoms with Crippen LogP contribution >= 0.6 is 0 Å². The van der Waals surface area contributed by atoms with Gasteiger partial charge in [-0.25, -0.2) is 0 Å². The number of anilines is 1. The van der Waals surface area contributed by atoms with Gasteiger partial charge in [-0.05, 0) is 44.4 Å². The van der Waals surface area contributed by atoms with E-state index in [9.17, 15) is 4.79 Å². The molecule has 4 rings (SSSR count). The van der Waals surface area contributed by atoms with Crippen molar-refractivity contribution in [3.63, 3.8) is 0 Å². The first-order valence-electron chi connectivity index (χ1n) is 8.68. The maximum atomic E-state index is 12.5. The summed E-state index contributed by atoms with van der Waals surface area (Å²) in [5, 5.41) is 11.3. The molecule has 2 fully saturated rings. The Morgan fingerprint density at radius 2 is 2.04 bits per heavy atom. The van der Waals surface area contributed by atoms with Gasteiger partial charge in [-0.2, -0.15) is 0 Å². The third-order valence-corrected chi connectivity index (χ3v) is 4.69. The lowest BCUT2D eigenvalue weighted by atomic mass is 9.97. The molecular formula is C18H22N4O2. The Morgan fingerprint density at radius 3 is 2.83 bits per heavy atom. The topological polar surface area (TPSA) is 71.3 Å². The number of amides is 1. The molecule has 0 unspecified atom stereocenters. The van der Waals surface area contributed by atoms with Crippen LogP contribution in [0.3, 0.4) is 0 Å². The molecule has 1 saturated heterocycles. The summed E-state index contributed by atoms with van der Waals surface area (Å²) in [5.41, 5.74) is 0.852. The summed E-state index contributed by atoms with van der Waals surface area (Å²) in [6.45, 7) is 2.34. The number of para-hydroxylation sites is 1. The summed E-state index contributed by atoms with van der Waals surface area (Å²) >= 11 is 0. The van der Waals surface area contributed by atoms with E-state index in [0.717, 1.165) is 50.4 Å². The van der Waals surface area contributed by atoms with E-state index in [1.165, 1.54) is 0 Å². The van der Waals surface area contributed by atoms with E-state index in [-0.39, 0.29) is 11.8 Å². The molecular weight excluding hydrogens is 304 g/mol. The van der Waals surface area contributed by atoms with Crippen LogP contribution in [0.25, 0.3) is 0 Å². The Morgan fingerprint density at radius 1 is 1.21 bits per heavy atom. The van der Waals surface area contributed by atoms with Gasteiger partial charge in [0.05, 0.1) is 12.5 Å². The summed E-state index contributed by atoms with van der Waals surface area (Å²) in [6.07, 6.45) is 4.25. The van der Waals surface area contributed by atoms with Gasteiger partial charge in [-0.15, -0.1) is 10.2 Å². The van der Waals surface area contributed by atoms with Crippen molar-refractivity contribution >= 4 is 11.6 Å². The van der Waals surface area contributed by atoms with Crippen LogP contribution in [-0.4, -0.2) is 34.1 Å². The number of carbonyl (C=O) groups is 1. The second kappa shape index (κ2) is 6.73. The van der Waals surface area contributed by atoms with Gasteiger partial charge >= 0.3 is 0 Å². The number of carbonyl (C=O) groups excluding carboxylic acids is 1. The number of nitrogens with one attached hydrogen (secondary N) is 1. The molecule has 0 bridgehead atoms. The minimum Gasteiger partial charge on any atom is -0.424 e. The number of hydrogen-bond acceptors (Lipinski definition) is 5. The predicted octanol–water partition coefficient (Wildman–Crippen LogP) is 2.80. The lowest BCUT2D eigenvalue weighted by Crippen LogP contribution is -2.40. The summed E-state index contributed by atoms with van der Waals surface area (Å²) < 4.78 is 5.74. The third-order valence-electron chi connectivity index (χ3n) is 4.69. The molecule has 1 aliphatic carbocycles.